The first-order valence-corrected chi connectivity index (χ1v) is 4.80. The van der Waals surface area contributed by atoms with E-state index >= 15 is 0 Å². The highest BCUT2D eigenvalue weighted by atomic mass is 16.6. The standard InChI is InChI=1S/C10H12O6/c1-10(2)5-8(13)15-6(11)3-4-7(12)16-9(10)14/h3-5H2,1-2H3. The summed E-state index contributed by atoms with van der Waals surface area (Å²) < 4.78 is 8.92. The Kier molecular flexibility index (Phi) is 3.41. The Labute approximate surface area is 91.9 Å². The number of esters is 4. The van der Waals surface area contributed by atoms with Gasteiger partial charge in [-0.25, -0.2) is 0 Å². The Morgan fingerprint density at radius 3 is 1.94 bits per heavy atom. The second-order valence-corrected chi connectivity index (χ2v) is 4.17. The van der Waals surface area contributed by atoms with Crippen LogP contribution in [0.5, 0.6) is 0 Å². The van der Waals surface area contributed by atoms with Crippen LogP contribution in [0.2, 0.25) is 0 Å². The number of ether oxygens (including phenoxy) is 2. The SMILES string of the molecule is CC1(C)CC(=O)OC(=O)CCC(=O)OC1=O. The summed E-state index contributed by atoms with van der Waals surface area (Å²) in [6, 6.07) is 0. The molecule has 0 amide bonds. The highest BCUT2D eigenvalue weighted by Gasteiger charge is 2.36. The van der Waals surface area contributed by atoms with Gasteiger partial charge in [0.1, 0.15) is 0 Å². The molecule has 0 aromatic carbocycles. The summed E-state index contributed by atoms with van der Waals surface area (Å²) in [5.41, 5.74) is -1.18. The molecule has 1 heterocycles. The maximum Gasteiger partial charge on any atom is 0.319 e. The van der Waals surface area contributed by atoms with Gasteiger partial charge in [0, 0.05) is 0 Å². The maximum absolute atomic E-state index is 11.5. The molecular weight excluding hydrogens is 216 g/mol. The van der Waals surface area contributed by atoms with Gasteiger partial charge in [0.15, 0.2) is 0 Å². The number of carbonyl (C=O) groups excluding carboxylic acids is 4. The second-order valence-electron chi connectivity index (χ2n) is 4.17. The normalized spacial score (nSPS) is 22.4. The van der Waals surface area contributed by atoms with Crippen LogP contribution in [0.1, 0.15) is 33.1 Å². The van der Waals surface area contributed by atoms with Crippen molar-refractivity contribution in [3.8, 4) is 0 Å². The number of cyclic esters (lactones) is 4. The first-order chi connectivity index (χ1) is 7.31. The van der Waals surface area contributed by atoms with E-state index in [9.17, 15) is 19.2 Å². The van der Waals surface area contributed by atoms with Gasteiger partial charge in [-0.05, 0) is 13.8 Å². The van der Waals surface area contributed by atoms with E-state index < -0.39 is 29.3 Å². The van der Waals surface area contributed by atoms with E-state index in [2.05, 4.69) is 9.47 Å². The first-order valence-electron chi connectivity index (χ1n) is 4.80. The number of carbonyl (C=O) groups is 4. The fourth-order valence-electron chi connectivity index (χ4n) is 1.14. The van der Waals surface area contributed by atoms with Crippen LogP contribution in [-0.2, 0) is 28.7 Å². The molecule has 0 bridgehead atoms. The predicted octanol–water partition coefficient (Wildman–Crippen LogP) is 0.336. The number of hydrogen-bond donors (Lipinski definition) is 0. The summed E-state index contributed by atoms with van der Waals surface area (Å²) in [4.78, 5) is 44.8. The molecule has 1 aliphatic heterocycles. The summed E-state index contributed by atoms with van der Waals surface area (Å²) in [5, 5.41) is 0. The minimum absolute atomic E-state index is 0.266. The van der Waals surface area contributed by atoms with E-state index in [1.807, 2.05) is 0 Å². The smallest absolute Gasteiger partial charge is 0.319 e. The van der Waals surface area contributed by atoms with Crippen molar-refractivity contribution in [1.82, 2.24) is 0 Å². The lowest BCUT2D eigenvalue weighted by Gasteiger charge is -2.21. The fraction of sp³-hybridized carbons (Fsp3) is 0.600. The minimum Gasteiger partial charge on any atom is -0.393 e. The van der Waals surface area contributed by atoms with Gasteiger partial charge in [0.05, 0.1) is 24.7 Å². The summed E-state index contributed by atoms with van der Waals surface area (Å²) >= 11 is 0. The minimum atomic E-state index is -1.18. The highest BCUT2D eigenvalue weighted by molar-refractivity contribution is 5.95. The molecule has 1 rings (SSSR count). The van der Waals surface area contributed by atoms with Crippen molar-refractivity contribution < 1.29 is 28.7 Å². The molecule has 0 radical (unpaired) electrons. The summed E-state index contributed by atoms with van der Waals surface area (Å²) in [7, 11) is 0. The van der Waals surface area contributed by atoms with Crippen LogP contribution in [-0.4, -0.2) is 23.9 Å². The lowest BCUT2D eigenvalue weighted by molar-refractivity contribution is -0.175. The van der Waals surface area contributed by atoms with Gasteiger partial charge in [-0.3, -0.25) is 19.2 Å². The summed E-state index contributed by atoms with van der Waals surface area (Å²) in [6.07, 6.45) is -0.836. The maximum atomic E-state index is 11.5. The third-order valence-corrected chi connectivity index (χ3v) is 2.11. The molecule has 6 heteroatoms. The van der Waals surface area contributed by atoms with Crippen molar-refractivity contribution in [2.24, 2.45) is 5.41 Å². The monoisotopic (exact) mass is 228 g/mol. The zero-order valence-electron chi connectivity index (χ0n) is 9.07. The van der Waals surface area contributed by atoms with Crippen LogP contribution in [0.4, 0.5) is 0 Å². The third-order valence-electron chi connectivity index (χ3n) is 2.11. The highest BCUT2D eigenvalue weighted by Crippen LogP contribution is 2.24. The summed E-state index contributed by atoms with van der Waals surface area (Å²) in [5.74, 6) is -3.15. The predicted molar refractivity (Wildman–Crippen MR) is 49.8 cm³/mol. The van der Waals surface area contributed by atoms with E-state index in [1.54, 1.807) is 0 Å². The molecule has 0 aromatic rings. The van der Waals surface area contributed by atoms with Crippen molar-refractivity contribution >= 4 is 23.9 Å². The van der Waals surface area contributed by atoms with Crippen LogP contribution in [0.3, 0.4) is 0 Å². The Morgan fingerprint density at radius 1 is 0.875 bits per heavy atom. The average molecular weight is 228 g/mol. The molecule has 0 unspecified atom stereocenters. The molecular formula is C10H12O6. The first kappa shape index (κ1) is 12.4. The topological polar surface area (TPSA) is 86.7 Å². The van der Waals surface area contributed by atoms with Gasteiger partial charge in [0.2, 0.25) is 0 Å². The fourth-order valence-corrected chi connectivity index (χ4v) is 1.14. The summed E-state index contributed by atoms with van der Waals surface area (Å²) in [6.45, 7) is 2.88. The molecule has 1 fully saturated rings. The lowest BCUT2D eigenvalue weighted by atomic mass is 9.89. The van der Waals surface area contributed by atoms with Gasteiger partial charge in [-0.15, -0.1) is 0 Å². The Morgan fingerprint density at radius 2 is 1.38 bits per heavy atom. The molecule has 0 aromatic heterocycles. The van der Waals surface area contributed by atoms with Crippen LogP contribution >= 0.6 is 0 Å². The van der Waals surface area contributed by atoms with Gasteiger partial charge in [-0.2, -0.15) is 0 Å². The number of hydrogen-bond acceptors (Lipinski definition) is 6. The molecule has 1 saturated heterocycles. The van der Waals surface area contributed by atoms with Crippen LogP contribution < -0.4 is 0 Å². The van der Waals surface area contributed by atoms with E-state index in [1.165, 1.54) is 13.8 Å². The molecule has 0 N–H and O–H groups in total. The van der Waals surface area contributed by atoms with Gasteiger partial charge in [-0.1, -0.05) is 0 Å². The van der Waals surface area contributed by atoms with E-state index in [0.29, 0.717) is 0 Å². The lowest BCUT2D eigenvalue weighted by Crippen LogP contribution is -2.33. The molecule has 1 aliphatic rings. The molecule has 16 heavy (non-hydrogen) atoms. The van der Waals surface area contributed by atoms with Crippen molar-refractivity contribution in [3.63, 3.8) is 0 Å². The molecule has 0 saturated carbocycles. The van der Waals surface area contributed by atoms with Crippen molar-refractivity contribution in [2.45, 2.75) is 33.1 Å². The quantitative estimate of drug-likeness (QED) is 0.438. The van der Waals surface area contributed by atoms with Gasteiger partial charge in [0.25, 0.3) is 0 Å². The molecule has 6 nitrogen and oxygen atoms in total. The zero-order valence-corrected chi connectivity index (χ0v) is 9.07. The van der Waals surface area contributed by atoms with Crippen molar-refractivity contribution in [3.05, 3.63) is 0 Å². The van der Waals surface area contributed by atoms with Gasteiger partial charge < -0.3 is 9.47 Å². The van der Waals surface area contributed by atoms with Crippen LogP contribution in [0.25, 0.3) is 0 Å². The molecule has 0 atom stereocenters. The van der Waals surface area contributed by atoms with Crippen LogP contribution in [0, 0.1) is 5.41 Å². The Balaban J connectivity index is 2.86. The van der Waals surface area contributed by atoms with E-state index in [-0.39, 0.29) is 19.3 Å². The largest absolute Gasteiger partial charge is 0.393 e. The van der Waals surface area contributed by atoms with Crippen molar-refractivity contribution in [1.29, 1.82) is 0 Å². The zero-order chi connectivity index (χ0) is 12.3. The molecule has 0 aliphatic carbocycles. The van der Waals surface area contributed by atoms with E-state index in [4.69, 9.17) is 0 Å². The second kappa shape index (κ2) is 4.42. The molecule has 88 valence electrons. The van der Waals surface area contributed by atoms with E-state index in [0.717, 1.165) is 0 Å². The average Bonchev–Trinajstić information content (AvgIpc) is 2.12. The third kappa shape index (κ3) is 3.15. The number of rotatable bonds is 0. The molecule has 0 spiro atoms. The van der Waals surface area contributed by atoms with Gasteiger partial charge >= 0.3 is 23.9 Å². The van der Waals surface area contributed by atoms with Crippen LogP contribution in [0.15, 0.2) is 0 Å². The Hall–Kier alpha value is -1.72. The van der Waals surface area contributed by atoms with Crippen molar-refractivity contribution in [2.75, 3.05) is 0 Å². The Bertz CT molecular complexity index is 354.